The van der Waals surface area contributed by atoms with Crippen molar-refractivity contribution in [3.8, 4) is 0 Å². The number of aromatic nitrogens is 2. The fraction of sp³-hybridized carbons (Fsp3) is 0.533. The summed E-state index contributed by atoms with van der Waals surface area (Å²) in [5.41, 5.74) is 3.40. The molecule has 19 heavy (non-hydrogen) atoms. The normalized spacial score (nSPS) is 23.3. The Hall–Kier alpha value is -1.39. The van der Waals surface area contributed by atoms with Crippen molar-refractivity contribution in [2.75, 3.05) is 6.54 Å². The first-order chi connectivity index (χ1) is 9.24. The quantitative estimate of drug-likeness (QED) is 0.881. The average Bonchev–Trinajstić information content (AvgIpc) is 2.97. The molecular formula is C15H21N3O. The lowest BCUT2D eigenvalue weighted by Crippen LogP contribution is -2.27. The first-order valence-corrected chi connectivity index (χ1v) is 7.05. The molecule has 1 aliphatic carbocycles. The van der Waals surface area contributed by atoms with E-state index >= 15 is 0 Å². The first-order valence-electron chi connectivity index (χ1n) is 7.05. The molecule has 1 fully saturated rings. The smallest absolute Gasteiger partial charge is 0.136 e. The van der Waals surface area contributed by atoms with Crippen molar-refractivity contribution in [3.05, 3.63) is 35.8 Å². The number of rotatable bonds is 4. The van der Waals surface area contributed by atoms with Gasteiger partial charge in [-0.15, -0.1) is 0 Å². The number of fused-ring (bicyclic) bond motifs is 1. The Bertz CT molecular complexity index is 564. The molecule has 2 N–H and O–H groups in total. The van der Waals surface area contributed by atoms with Gasteiger partial charge in [0, 0.05) is 19.3 Å². The molecule has 0 aromatic carbocycles. The molecule has 2 heterocycles. The maximum absolute atomic E-state index is 9.80. The van der Waals surface area contributed by atoms with Crippen LogP contribution in [0.3, 0.4) is 0 Å². The van der Waals surface area contributed by atoms with Gasteiger partial charge in [-0.1, -0.05) is 12.5 Å². The van der Waals surface area contributed by atoms with Gasteiger partial charge >= 0.3 is 0 Å². The van der Waals surface area contributed by atoms with Crippen molar-refractivity contribution < 1.29 is 5.11 Å². The Balaban J connectivity index is 1.63. The number of aliphatic hydroxyl groups is 1. The van der Waals surface area contributed by atoms with Crippen LogP contribution in [0.5, 0.6) is 0 Å². The number of aliphatic hydroxyl groups excluding tert-OH is 1. The molecule has 2 atom stereocenters. The highest BCUT2D eigenvalue weighted by atomic mass is 16.3. The minimum absolute atomic E-state index is 0.114. The third-order valence-electron chi connectivity index (χ3n) is 4.06. The second-order valence-electron chi connectivity index (χ2n) is 5.57. The highest BCUT2D eigenvalue weighted by Crippen LogP contribution is 2.24. The predicted octanol–water partition coefficient (Wildman–Crippen LogP) is 1.89. The minimum Gasteiger partial charge on any atom is -0.393 e. The van der Waals surface area contributed by atoms with Gasteiger partial charge < -0.3 is 14.8 Å². The van der Waals surface area contributed by atoms with E-state index in [9.17, 15) is 5.11 Å². The molecule has 4 nitrogen and oxygen atoms in total. The van der Waals surface area contributed by atoms with E-state index in [2.05, 4.69) is 33.9 Å². The van der Waals surface area contributed by atoms with Gasteiger partial charge in [-0.2, -0.15) is 0 Å². The van der Waals surface area contributed by atoms with E-state index in [0.717, 1.165) is 38.0 Å². The molecule has 1 aliphatic rings. The molecule has 4 heteroatoms. The monoisotopic (exact) mass is 259 g/mol. The molecule has 3 rings (SSSR count). The van der Waals surface area contributed by atoms with Crippen molar-refractivity contribution in [3.63, 3.8) is 0 Å². The number of hydrogen-bond acceptors (Lipinski definition) is 3. The van der Waals surface area contributed by atoms with E-state index in [1.54, 1.807) is 0 Å². The SMILES string of the molecule is Cc1ccc2ncc(CNCC3CCCC3O)n2c1. The maximum atomic E-state index is 9.80. The van der Waals surface area contributed by atoms with Crippen LogP contribution in [0.2, 0.25) is 0 Å². The summed E-state index contributed by atoms with van der Waals surface area (Å²) in [7, 11) is 0. The fourth-order valence-corrected chi connectivity index (χ4v) is 2.91. The Kier molecular flexibility index (Phi) is 3.53. The molecule has 0 spiro atoms. The molecular weight excluding hydrogens is 238 g/mol. The standard InChI is InChI=1S/C15H21N3O/c1-11-5-6-15-17-9-13(18(15)10-11)8-16-7-12-3-2-4-14(12)19/h5-6,9-10,12,14,16,19H,2-4,7-8H2,1H3. The number of imidazole rings is 1. The Labute approximate surface area is 113 Å². The van der Waals surface area contributed by atoms with Crippen LogP contribution in [0.15, 0.2) is 24.5 Å². The lowest BCUT2D eigenvalue weighted by molar-refractivity contribution is 0.131. The Morgan fingerprint density at radius 1 is 1.42 bits per heavy atom. The molecule has 102 valence electrons. The molecule has 0 amide bonds. The van der Waals surface area contributed by atoms with Gasteiger partial charge in [0.05, 0.1) is 18.0 Å². The third-order valence-corrected chi connectivity index (χ3v) is 4.06. The molecule has 2 aromatic rings. The van der Waals surface area contributed by atoms with Gasteiger partial charge in [0.2, 0.25) is 0 Å². The molecule has 1 saturated carbocycles. The molecule has 0 bridgehead atoms. The van der Waals surface area contributed by atoms with Gasteiger partial charge in [0.15, 0.2) is 0 Å². The fourth-order valence-electron chi connectivity index (χ4n) is 2.91. The molecule has 0 radical (unpaired) electrons. The average molecular weight is 259 g/mol. The molecule has 2 aromatic heterocycles. The molecule has 0 saturated heterocycles. The van der Waals surface area contributed by atoms with Crippen LogP contribution in [0.4, 0.5) is 0 Å². The lowest BCUT2D eigenvalue weighted by Gasteiger charge is -2.14. The summed E-state index contributed by atoms with van der Waals surface area (Å²) in [6.45, 7) is 3.78. The van der Waals surface area contributed by atoms with Crippen LogP contribution in [0.1, 0.15) is 30.5 Å². The van der Waals surface area contributed by atoms with Crippen molar-refractivity contribution in [2.24, 2.45) is 5.92 Å². The summed E-state index contributed by atoms with van der Waals surface area (Å²) in [6, 6.07) is 4.12. The van der Waals surface area contributed by atoms with Crippen LogP contribution in [0, 0.1) is 12.8 Å². The van der Waals surface area contributed by atoms with E-state index in [1.165, 1.54) is 11.3 Å². The zero-order valence-corrected chi connectivity index (χ0v) is 11.3. The van der Waals surface area contributed by atoms with E-state index in [4.69, 9.17) is 0 Å². The number of hydrogen-bond donors (Lipinski definition) is 2. The zero-order valence-electron chi connectivity index (χ0n) is 11.3. The van der Waals surface area contributed by atoms with E-state index < -0.39 is 0 Å². The van der Waals surface area contributed by atoms with Gasteiger partial charge in [-0.3, -0.25) is 0 Å². The van der Waals surface area contributed by atoms with E-state index in [0.29, 0.717) is 5.92 Å². The van der Waals surface area contributed by atoms with Crippen LogP contribution < -0.4 is 5.32 Å². The summed E-state index contributed by atoms with van der Waals surface area (Å²) in [6.07, 6.45) is 7.18. The highest BCUT2D eigenvalue weighted by molar-refractivity contribution is 5.41. The molecule has 2 unspecified atom stereocenters. The highest BCUT2D eigenvalue weighted by Gasteiger charge is 2.24. The maximum Gasteiger partial charge on any atom is 0.136 e. The van der Waals surface area contributed by atoms with Crippen LogP contribution in [-0.4, -0.2) is 27.1 Å². The number of nitrogens with one attached hydrogen (secondary N) is 1. The van der Waals surface area contributed by atoms with E-state index in [-0.39, 0.29) is 6.10 Å². The number of aryl methyl sites for hydroxylation is 1. The molecule has 0 aliphatic heterocycles. The minimum atomic E-state index is -0.114. The second kappa shape index (κ2) is 5.31. The van der Waals surface area contributed by atoms with Gasteiger partial charge in [0.1, 0.15) is 5.65 Å². The zero-order chi connectivity index (χ0) is 13.2. The largest absolute Gasteiger partial charge is 0.393 e. The summed E-state index contributed by atoms with van der Waals surface area (Å²) < 4.78 is 2.13. The summed E-state index contributed by atoms with van der Waals surface area (Å²) in [5, 5.41) is 13.2. The van der Waals surface area contributed by atoms with Crippen molar-refractivity contribution in [1.29, 1.82) is 0 Å². The predicted molar refractivity (Wildman–Crippen MR) is 75.0 cm³/mol. The lowest BCUT2D eigenvalue weighted by atomic mass is 10.1. The summed E-state index contributed by atoms with van der Waals surface area (Å²) >= 11 is 0. The summed E-state index contributed by atoms with van der Waals surface area (Å²) in [5.74, 6) is 0.418. The van der Waals surface area contributed by atoms with Crippen LogP contribution >= 0.6 is 0 Å². The van der Waals surface area contributed by atoms with Crippen molar-refractivity contribution in [2.45, 2.75) is 38.8 Å². The van der Waals surface area contributed by atoms with Crippen LogP contribution in [-0.2, 0) is 6.54 Å². The first kappa shape index (κ1) is 12.6. The Morgan fingerprint density at radius 2 is 2.32 bits per heavy atom. The topological polar surface area (TPSA) is 49.6 Å². The number of pyridine rings is 1. The van der Waals surface area contributed by atoms with Gasteiger partial charge in [-0.05, 0) is 37.3 Å². The summed E-state index contributed by atoms with van der Waals surface area (Å²) in [4.78, 5) is 4.40. The van der Waals surface area contributed by atoms with Gasteiger partial charge in [-0.25, -0.2) is 4.98 Å². The Morgan fingerprint density at radius 3 is 3.11 bits per heavy atom. The second-order valence-corrected chi connectivity index (χ2v) is 5.57. The van der Waals surface area contributed by atoms with Crippen molar-refractivity contribution >= 4 is 5.65 Å². The van der Waals surface area contributed by atoms with Crippen LogP contribution in [0.25, 0.3) is 5.65 Å². The van der Waals surface area contributed by atoms with Crippen molar-refractivity contribution in [1.82, 2.24) is 14.7 Å². The van der Waals surface area contributed by atoms with E-state index in [1.807, 2.05) is 12.3 Å². The number of nitrogens with zero attached hydrogens (tertiary/aromatic N) is 2. The van der Waals surface area contributed by atoms with Gasteiger partial charge in [0.25, 0.3) is 0 Å². The third kappa shape index (κ3) is 2.65.